The lowest BCUT2D eigenvalue weighted by Crippen LogP contribution is -2.76. The fraction of sp³-hybridized carbons (Fsp3) is 0.385. The van der Waals surface area contributed by atoms with Gasteiger partial charge in [-0.1, -0.05) is 56.2 Å². The third kappa shape index (κ3) is 4.16. The Labute approximate surface area is 201 Å². The minimum absolute atomic E-state index is 0.104. The minimum Gasteiger partial charge on any atom is -0.351 e. The van der Waals surface area contributed by atoms with Gasteiger partial charge in [0.05, 0.1) is 10.8 Å². The predicted octanol–water partition coefficient (Wildman–Crippen LogP) is 3.43. The number of carbonyl (C=O) groups is 2. The van der Waals surface area contributed by atoms with Crippen LogP contribution >= 0.6 is 0 Å². The summed E-state index contributed by atoms with van der Waals surface area (Å²) in [5.74, 6) is -0.940. The average molecular weight is 482 g/mol. The number of nitrogens with one attached hydrogen (secondary N) is 1. The zero-order valence-electron chi connectivity index (χ0n) is 19.8. The van der Waals surface area contributed by atoms with Gasteiger partial charge in [-0.05, 0) is 48.7 Å². The molecule has 7 nitrogen and oxygen atoms in total. The van der Waals surface area contributed by atoms with Gasteiger partial charge in [0.15, 0.2) is 5.54 Å². The maximum absolute atomic E-state index is 13.7. The Morgan fingerprint density at radius 3 is 2.26 bits per heavy atom. The van der Waals surface area contributed by atoms with Gasteiger partial charge in [0.1, 0.15) is 0 Å². The third-order valence-electron chi connectivity index (χ3n) is 6.88. The van der Waals surface area contributed by atoms with E-state index in [-0.39, 0.29) is 22.8 Å². The zero-order chi connectivity index (χ0) is 24.5. The minimum atomic E-state index is -3.60. The van der Waals surface area contributed by atoms with Gasteiger partial charge in [-0.3, -0.25) is 14.5 Å². The lowest BCUT2D eigenvalue weighted by molar-refractivity contribution is -0.143. The van der Waals surface area contributed by atoms with Crippen molar-refractivity contribution in [1.82, 2.24) is 9.62 Å². The van der Waals surface area contributed by atoms with E-state index in [4.69, 9.17) is 0 Å². The van der Waals surface area contributed by atoms with Gasteiger partial charge in [0, 0.05) is 25.8 Å². The normalized spacial score (nSPS) is 23.5. The second kappa shape index (κ2) is 9.35. The van der Waals surface area contributed by atoms with E-state index in [0.29, 0.717) is 5.69 Å². The number of carbonyl (C=O) groups excluding carboxylic acids is 2. The quantitative estimate of drug-likeness (QED) is 0.614. The van der Waals surface area contributed by atoms with Crippen molar-refractivity contribution in [3.8, 4) is 0 Å². The maximum Gasteiger partial charge on any atom is 0.251 e. The Bertz CT molecular complexity index is 1190. The molecule has 1 aliphatic heterocycles. The third-order valence-corrected chi connectivity index (χ3v) is 8.71. The molecule has 1 saturated heterocycles. The number of rotatable bonds is 7. The van der Waals surface area contributed by atoms with E-state index < -0.39 is 21.5 Å². The van der Waals surface area contributed by atoms with E-state index in [1.54, 1.807) is 19.1 Å². The van der Waals surface area contributed by atoms with Crippen molar-refractivity contribution in [3.05, 3.63) is 66.2 Å². The van der Waals surface area contributed by atoms with Crippen LogP contribution in [0.15, 0.2) is 65.6 Å². The SMILES string of the molecule is C[C@H]1C(=O)N(c2ccc(S(=O)(=O)N(C)C)cc2)[C@]1(/C=C/c1ccccc1)C(=O)NC1CCCC1. The molecule has 180 valence electrons. The van der Waals surface area contributed by atoms with Crippen molar-refractivity contribution >= 4 is 33.6 Å². The van der Waals surface area contributed by atoms with Gasteiger partial charge in [-0.15, -0.1) is 0 Å². The first-order chi connectivity index (χ1) is 16.2. The Kier molecular flexibility index (Phi) is 6.64. The van der Waals surface area contributed by atoms with Crippen molar-refractivity contribution in [3.63, 3.8) is 0 Å². The van der Waals surface area contributed by atoms with E-state index in [1.807, 2.05) is 42.5 Å². The first kappa shape index (κ1) is 24.2. The zero-order valence-corrected chi connectivity index (χ0v) is 20.6. The van der Waals surface area contributed by atoms with E-state index >= 15 is 0 Å². The van der Waals surface area contributed by atoms with Gasteiger partial charge in [-0.2, -0.15) is 0 Å². The molecule has 4 rings (SSSR count). The molecule has 2 aliphatic rings. The highest BCUT2D eigenvalue weighted by molar-refractivity contribution is 7.89. The van der Waals surface area contributed by atoms with Crippen LogP contribution < -0.4 is 10.2 Å². The highest BCUT2D eigenvalue weighted by Crippen LogP contribution is 2.44. The molecule has 2 aromatic carbocycles. The Hall–Kier alpha value is -2.97. The topological polar surface area (TPSA) is 86.8 Å². The number of anilines is 1. The van der Waals surface area contributed by atoms with Crippen molar-refractivity contribution in [2.24, 2.45) is 5.92 Å². The lowest BCUT2D eigenvalue weighted by Gasteiger charge is -2.54. The number of nitrogens with zero attached hydrogens (tertiary/aromatic N) is 2. The first-order valence-corrected chi connectivity index (χ1v) is 13.0. The van der Waals surface area contributed by atoms with Gasteiger partial charge in [0.25, 0.3) is 5.91 Å². The molecule has 8 heteroatoms. The van der Waals surface area contributed by atoms with Gasteiger partial charge in [0.2, 0.25) is 15.9 Å². The summed E-state index contributed by atoms with van der Waals surface area (Å²) in [4.78, 5) is 28.4. The van der Waals surface area contributed by atoms with E-state index in [0.717, 1.165) is 35.6 Å². The van der Waals surface area contributed by atoms with Crippen LogP contribution in [0.1, 0.15) is 38.2 Å². The first-order valence-electron chi connectivity index (χ1n) is 11.6. The van der Waals surface area contributed by atoms with Gasteiger partial charge in [-0.25, -0.2) is 12.7 Å². The average Bonchev–Trinajstić information content (AvgIpc) is 3.34. The summed E-state index contributed by atoms with van der Waals surface area (Å²) in [5, 5.41) is 3.17. The van der Waals surface area contributed by atoms with Crippen LogP contribution in [0.5, 0.6) is 0 Å². The lowest BCUT2D eigenvalue weighted by atomic mass is 9.72. The molecule has 1 heterocycles. The van der Waals surface area contributed by atoms with Crippen LogP contribution in [-0.2, 0) is 19.6 Å². The molecule has 2 fully saturated rings. The highest BCUT2D eigenvalue weighted by Gasteiger charge is 2.62. The highest BCUT2D eigenvalue weighted by atomic mass is 32.2. The van der Waals surface area contributed by atoms with Crippen molar-refractivity contribution < 1.29 is 18.0 Å². The number of amides is 2. The summed E-state index contributed by atoms with van der Waals surface area (Å²) in [5.41, 5.74) is 0.215. The smallest absolute Gasteiger partial charge is 0.251 e. The standard InChI is InChI=1S/C26H31N3O4S/c1-19-24(30)29(22-13-15-23(16-14-22)34(32,33)28(2)3)26(19,18-17-20-9-5-4-6-10-20)25(31)27-21-11-7-8-12-21/h4-6,9-10,13-19,21H,7-8,11-12H2,1-3H3,(H,27,31)/b18-17+/t19-,26-/m0/s1. The Morgan fingerprint density at radius 2 is 1.68 bits per heavy atom. The van der Waals surface area contributed by atoms with E-state index in [9.17, 15) is 18.0 Å². The summed E-state index contributed by atoms with van der Waals surface area (Å²) in [6.45, 7) is 1.77. The molecular weight excluding hydrogens is 450 g/mol. The largest absolute Gasteiger partial charge is 0.351 e. The molecule has 1 aliphatic carbocycles. The van der Waals surface area contributed by atoms with Crippen LogP contribution in [0.2, 0.25) is 0 Å². The second-order valence-electron chi connectivity index (χ2n) is 9.20. The molecular formula is C26H31N3O4S. The van der Waals surface area contributed by atoms with Crippen LogP contribution in [0.3, 0.4) is 0 Å². The van der Waals surface area contributed by atoms with Crippen LogP contribution in [0.4, 0.5) is 5.69 Å². The molecule has 0 bridgehead atoms. The molecule has 1 saturated carbocycles. The summed E-state index contributed by atoms with van der Waals surface area (Å²) in [6, 6.07) is 15.9. The number of benzene rings is 2. The van der Waals surface area contributed by atoms with E-state index in [1.165, 1.54) is 31.1 Å². The summed E-state index contributed by atoms with van der Waals surface area (Å²) in [7, 11) is -0.665. The molecule has 0 unspecified atom stereocenters. The molecule has 0 radical (unpaired) electrons. The monoisotopic (exact) mass is 481 g/mol. The number of hydrogen-bond donors (Lipinski definition) is 1. The molecule has 34 heavy (non-hydrogen) atoms. The number of β-lactam (4-membered cyclic amide) rings is 1. The van der Waals surface area contributed by atoms with Crippen LogP contribution in [0, 0.1) is 5.92 Å². The van der Waals surface area contributed by atoms with Gasteiger partial charge < -0.3 is 5.32 Å². The molecule has 2 atom stereocenters. The van der Waals surface area contributed by atoms with Gasteiger partial charge >= 0.3 is 0 Å². The fourth-order valence-corrected chi connectivity index (χ4v) is 5.66. The second-order valence-corrected chi connectivity index (χ2v) is 11.4. The maximum atomic E-state index is 13.7. The number of hydrogen-bond acceptors (Lipinski definition) is 4. The molecule has 1 N–H and O–H groups in total. The van der Waals surface area contributed by atoms with Crippen molar-refractivity contribution in [2.75, 3.05) is 19.0 Å². The van der Waals surface area contributed by atoms with Crippen LogP contribution in [-0.4, -0.2) is 50.2 Å². The predicted molar refractivity (Wildman–Crippen MR) is 133 cm³/mol. The van der Waals surface area contributed by atoms with Crippen molar-refractivity contribution in [2.45, 2.75) is 49.1 Å². The molecule has 2 aromatic rings. The van der Waals surface area contributed by atoms with Crippen LogP contribution in [0.25, 0.3) is 6.08 Å². The Morgan fingerprint density at radius 1 is 1.06 bits per heavy atom. The van der Waals surface area contributed by atoms with E-state index in [2.05, 4.69) is 5.32 Å². The Balaban J connectivity index is 1.73. The summed E-state index contributed by atoms with van der Waals surface area (Å²) >= 11 is 0. The molecule has 0 spiro atoms. The summed E-state index contributed by atoms with van der Waals surface area (Å²) < 4.78 is 26.1. The summed E-state index contributed by atoms with van der Waals surface area (Å²) in [6.07, 6.45) is 7.71. The number of sulfonamides is 1. The van der Waals surface area contributed by atoms with Crippen molar-refractivity contribution in [1.29, 1.82) is 0 Å². The molecule has 2 amide bonds. The molecule has 0 aromatic heterocycles. The fourth-order valence-electron chi connectivity index (χ4n) is 4.76.